The van der Waals surface area contributed by atoms with E-state index in [0.29, 0.717) is 12.1 Å². The van der Waals surface area contributed by atoms with E-state index in [4.69, 9.17) is 4.42 Å². The molecule has 1 aromatic heterocycles. The second-order valence-corrected chi connectivity index (χ2v) is 5.66. The van der Waals surface area contributed by atoms with Gasteiger partial charge in [-0.3, -0.25) is 0 Å². The molecule has 1 atom stereocenters. The molecule has 4 nitrogen and oxygen atoms in total. The molecule has 2 N–H and O–H groups in total. The molecular formula is C15H21NO3S. The number of hydrogen-bond acceptors (Lipinski definition) is 4. The van der Waals surface area contributed by atoms with Crippen LogP contribution in [0.4, 0.5) is 0 Å². The van der Waals surface area contributed by atoms with Gasteiger partial charge in [-0.05, 0) is 38.5 Å². The summed E-state index contributed by atoms with van der Waals surface area (Å²) in [6.45, 7) is 6.58. The maximum atomic E-state index is 11.2. The number of fused-ring (bicyclic) bond motifs is 1. The standard InChI is InChI=1S/C15H19NO3.H2S/c1-15(2,3)16-9-12(17)10-5-4-6-13-11(10)7-8-14(18)19-13;/h4-8,12,16-17H,9H2,1-3H3;1H2/t12-;/m1./s1. The molecule has 2 aromatic rings. The molecule has 0 aliphatic carbocycles. The summed E-state index contributed by atoms with van der Waals surface area (Å²) in [5, 5.41) is 14.3. The number of aliphatic hydroxyl groups excluding tert-OH is 1. The van der Waals surface area contributed by atoms with Crippen LogP contribution in [-0.4, -0.2) is 17.2 Å². The molecule has 0 unspecified atom stereocenters. The molecule has 2 rings (SSSR count). The van der Waals surface area contributed by atoms with Crippen molar-refractivity contribution >= 4 is 24.5 Å². The smallest absolute Gasteiger partial charge is 0.336 e. The van der Waals surface area contributed by atoms with Crippen LogP contribution < -0.4 is 10.9 Å². The number of nitrogens with one attached hydrogen (secondary N) is 1. The third-order valence-electron chi connectivity index (χ3n) is 2.88. The van der Waals surface area contributed by atoms with E-state index < -0.39 is 6.10 Å². The van der Waals surface area contributed by atoms with Gasteiger partial charge in [0.25, 0.3) is 0 Å². The van der Waals surface area contributed by atoms with E-state index in [-0.39, 0.29) is 24.7 Å². The van der Waals surface area contributed by atoms with Crippen molar-refractivity contribution in [2.45, 2.75) is 32.4 Å². The van der Waals surface area contributed by atoms with Crippen molar-refractivity contribution in [3.8, 4) is 0 Å². The van der Waals surface area contributed by atoms with Crippen LogP contribution >= 0.6 is 13.5 Å². The van der Waals surface area contributed by atoms with Crippen LogP contribution in [0.25, 0.3) is 11.0 Å². The molecule has 0 radical (unpaired) electrons. The van der Waals surface area contributed by atoms with Crippen molar-refractivity contribution in [3.63, 3.8) is 0 Å². The van der Waals surface area contributed by atoms with E-state index in [1.807, 2.05) is 26.8 Å². The molecular weight excluding hydrogens is 274 g/mol. The van der Waals surface area contributed by atoms with E-state index in [2.05, 4.69) is 5.32 Å². The number of aliphatic hydroxyl groups is 1. The zero-order valence-corrected chi connectivity index (χ0v) is 12.9. The van der Waals surface area contributed by atoms with Crippen LogP contribution in [0.15, 0.2) is 39.5 Å². The molecule has 0 aliphatic heterocycles. The van der Waals surface area contributed by atoms with Crippen molar-refractivity contribution in [2.75, 3.05) is 6.54 Å². The van der Waals surface area contributed by atoms with E-state index in [0.717, 1.165) is 10.9 Å². The van der Waals surface area contributed by atoms with Gasteiger partial charge in [0, 0.05) is 23.5 Å². The van der Waals surface area contributed by atoms with Crippen molar-refractivity contribution < 1.29 is 9.52 Å². The minimum atomic E-state index is -0.643. The van der Waals surface area contributed by atoms with Crippen molar-refractivity contribution in [3.05, 3.63) is 46.3 Å². The summed E-state index contributed by atoms with van der Waals surface area (Å²) in [5.74, 6) is 0. The van der Waals surface area contributed by atoms with Gasteiger partial charge < -0.3 is 14.8 Å². The second kappa shape index (κ2) is 6.43. The first kappa shape index (κ1) is 16.8. The Kier molecular flexibility index (Phi) is 5.39. The Balaban J connectivity index is 0.00000200. The van der Waals surface area contributed by atoms with E-state index in [1.165, 1.54) is 6.07 Å². The Hall–Kier alpha value is -1.30. The molecule has 0 spiro atoms. The SMILES string of the molecule is CC(C)(C)NC[C@@H](O)c1cccc2oc(=O)ccc12.S. The first-order chi connectivity index (χ1) is 8.87. The average molecular weight is 295 g/mol. The highest BCUT2D eigenvalue weighted by molar-refractivity contribution is 7.59. The summed E-state index contributed by atoms with van der Waals surface area (Å²) in [5.41, 5.74) is 0.822. The number of β-amino-alcohol motifs (C(OH)–C–C–N with tert-alkyl or cyclic N) is 1. The summed E-state index contributed by atoms with van der Waals surface area (Å²) >= 11 is 0. The summed E-state index contributed by atoms with van der Waals surface area (Å²) in [4.78, 5) is 11.2. The highest BCUT2D eigenvalue weighted by atomic mass is 32.1. The minimum Gasteiger partial charge on any atom is -0.423 e. The molecule has 20 heavy (non-hydrogen) atoms. The first-order valence-electron chi connectivity index (χ1n) is 6.33. The topological polar surface area (TPSA) is 62.5 Å². The van der Waals surface area contributed by atoms with Crippen molar-refractivity contribution in [1.29, 1.82) is 0 Å². The van der Waals surface area contributed by atoms with Gasteiger partial charge in [0.15, 0.2) is 0 Å². The summed E-state index contributed by atoms with van der Waals surface area (Å²) in [6, 6.07) is 8.41. The van der Waals surface area contributed by atoms with Crippen molar-refractivity contribution in [2.24, 2.45) is 0 Å². The fourth-order valence-corrected chi connectivity index (χ4v) is 1.93. The lowest BCUT2D eigenvalue weighted by atomic mass is 10.0. The predicted octanol–water partition coefficient (Wildman–Crippen LogP) is 2.33. The fourth-order valence-electron chi connectivity index (χ4n) is 1.93. The Labute approximate surface area is 125 Å². The lowest BCUT2D eigenvalue weighted by molar-refractivity contribution is 0.164. The summed E-state index contributed by atoms with van der Waals surface area (Å²) in [6.07, 6.45) is -0.643. The average Bonchev–Trinajstić information content (AvgIpc) is 2.34. The maximum Gasteiger partial charge on any atom is 0.336 e. The third kappa shape index (κ3) is 4.10. The molecule has 0 amide bonds. The van der Waals surface area contributed by atoms with E-state index >= 15 is 0 Å². The highest BCUT2D eigenvalue weighted by Gasteiger charge is 2.15. The monoisotopic (exact) mass is 295 g/mol. The molecule has 0 saturated heterocycles. The Morgan fingerprint density at radius 1 is 1.25 bits per heavy atom. The van der Waals surface area contributed by atoms with Crippen molar-refractivity contribution in [1.82, 2.24) is 5.32 Å². The summed E-state index contributed by atoms with van der Waals surface area (Å²) in [7, 11) is 0. The molecule has 1 aromatic carbocycles. The largest absolute Gasteiger partial charge is 0.423 e. The highest BCUT2D eigenvalue weighted by Crippen LogP contribution is 2.23. The van der Waals surface area contributed by atoms with Gasteiger partial charge in [0.1, 0.15) is 5.58 Å². The van der Waals surface area contributed by atoms with Gasteiger partial charge in [0.05, 0.1) is 6.10 Å². The first-order valence-corrected chi connectivity index (χ1v) is 6.33. The Morgan fingerprint density at radius 2 is 1.95 bits per heavy atom. The van der Waals surface area contributed by atoms with Crippen LogP contribution in [-0.2, 0) is 0 Å². The van der Waals surface area contributed by atoms with E-state index in [9.17, 15) is 9.90 Å². The number of rotatable bonds is 3. The molecule has 0 aliphatic rings. The molecule has 0 bridgehead atoms. The molecule has 1 heterocycles. The van der Waals surface area contributed by atoms with Gasteiger partial charge >= 0.3 is 5.63 Å². The molecule has 0 fully saturated rings. The third-order valence-corrected chi connectivity index (χ3v) is 2.88. The zero-order valence-electron chi connectivity index (χ0n) is 11.9. The van der Waals surface area contributed by atoms with Gasteiger partial charge in [-0.15, -0.1) is 0 Å². The van der Waals surface area contributed by atoms with Crippen LogP contribution in [0.1, 0.15) is 32.4 Å². The van der Waals surface area contributed by atoms with Crippen LogP contribution in [0.5, 0.6) is 0 Å². The Bertz CT molecular complexity index is 631. The molecule has 110 valence electrons. The van der Waals surface area contributed by atoms with Gasteiger partial charge in [0.2, 0.25) is 0 Å². The van der Waals surface area contributed by atoms with Gasteiger partial charge in [-0.25, -0.2) is 4.79 Å². The van der Waals surface area contributed by atoms with Crippen LogP contribution in [0.3, 0.4) is 0 Å². The minimum absolute atomic E-state index is 0. The number of benzene rings is 1. The molecule has 0 saturated carbocycles. The van der Waals surface area contributed by atoms with Gasteiger partial charge in [-0.2, -0.15) is 13.5 Å². The van der Waals surface area contributed by atoms with Crippen LogP contribution in [0, 0.1) is 0 Å². The van der Waals surface area contributed by atoms with Gasteiger partial charge in [-0.1, -0.05) is 12.1 Å². The molecule has 5 heteroatoms. The number of hydrogen-bond donors (Lipinski definition) is 2. The lowest BCUT2D eigenvalue weighted by Crippen LogP contribution is -2.38. The quantitative estimate of drug-likeness (QED) is 0.853. The fraction of sp³-hybridized carbons (Fsp3) is 0.400. The maximum absolute atomic E-state index is 11.2. The van der Waals surface area contributed by atoms with Crippen LogP contribution in [0.2, 0.25) is 0 Å². The predicted molar refractivity (Wildman–Crippen MR) is 85.6 cm³/mol. The lowest BCUT2D eigenvalue weighted by Gasteiger charge is -2.23. The van der Waals surface area contributed by atoms with E-state index in [1.54, 1.807) is 18.2 Å². The normalized spacial score (nSPS) is 13.0. The Morgan fingerprint density at radius 3 is 2.60 bits per heavy atom. The summed E-state index contributed by atoms with van der Waals surface area (Å²) < 4.78 is 5.11. The second-order valence-electron chi connectivity index (χ2n) is 5.66. The zero-order chi connectivity index (χ0) is 14.0.